The molecule has 6 nitrogen and oxygen atoms in total. The molecule has 2 heterocycles. The van der Waals surface area contributed by atoms with Crippen molar-refractivity contribution in [3.8, 4) is 5.69 Å². The zero-order valence-electron chi connectivity index (χ0n) is 16.2. The third kappa shape index (κ3) is 3.76. The molecule has 31 heavy (non-hydrogen) atoms. The van der Waals surface area contributed by atoms with Gasteiger partial charge in [0.15, 0.2) is 5.78 Å². The second kappa shape index (κ2) is 8.01. The second-order valence-corrected chi connectivity index (χ2v) is 7.32. The number of hydrogen-bond acceptors (Lipinski definition) is 5. The molecule has 150 valence electrons. The number of rotatable bonds is 5. The standard InChI is InChI=1S/C24H16ClN5O/c25-21-12-17(6-8-19(21)23(31)16-4-2-1-3-5-16)29-24-20-13-18(30-11-10-26-15-30)7-9-22(20)27-14-28-24/h1-15H,(H,27,28,29). The van der Waals surface area contributed by atoms with E-state index in [1.807, 2.05) is 53.2 Å². The zero-order chi connectivity index (χ0) is 21.2. The fourth-order valence-corrected chi connectivity index (χ4v) is 3.64. The van der Waals surface area contributed by atoms with Gasteiger partial charge in [0.1, 0.15) is 12.1 Å². The van der Waals surface area contributed by atoms with Crippen LogP contribution in [-0.4, -0.2) is 25.3 Å². The Labute approximate surface area is 183 Å². The van der Waals surface area contributed by atoms with Gasteiger partial charge in [0.05, 0.1) is 16.9 Å². The molecule has 0 aliphatic carbocycles. The number of benzene rings is 3. The van der Waals surface area contributed by atoms with Crippen molar-refractivity contribution >= 4 is 39.8 Å². The third-order valence-corrected chi connectivity index (χ3v) is 5.25. The number of imidazole rings is 1. The molecule has 0 atom stereocenters. The van der Waals surface area contributed by atoms with Crippen LogP contribution in [0.2, 0.25) is 5.02 Å². The summed E-state index contributed by atoms with van der Waals surface area (Å²) in [4.78, 5) is 25.6. The van der Waals surface area contributed by atoms with Gasteiger partial charge in [-0.15, -0.1) is 0 Å². The van der Waals surface area contributed by atoms with E-state index in [-0.39, 0.29) is 5.78 Å². The first-order valence-electron chi connectivity index (χ1n) is 9.58. The minimum absolute atomic E-state index is 0.116. The van der Waals surface area contributed by atoms with Crippen molar-refractivity contribution in [2.24, 2.45) is 0 Å². The average molecular weight is 426 g/mol. The molecule has 2 aromatic heterocycles. The second-order valence-electron chi connectivity index (χ2n) is 6.91. The summed E-state index contributed by atoms with van der Waals surface area (Å²) in [5.74, 6) is 0.528. The largest absolute Gasteiger partial charge is 0.340 e. The van der Waals surface area contributed by atoms with Crippen molar-refractivity contribution in [1.29, 1.82) is 0 Å². The molecule has 0 radical (unpaired) electrons. The molecular formula is C24H16ClN5O. The highest BCUT2D eigenvalue weighted by molar-refractivity contribution is 6.35. The summed E-state index contributed by atoms with van der Waals surface area (Å²) >= 11 is 6.45. The number of nitrogens with one attached hydrogen (secondary N) is 1. The number of nitrogens with zero attached hydrogens (tertiary/aromatic N) is 4. The van der Waals surface area contributed by atoms with Crippen molar-refractivity contribution in [1.82, 2.24) is 19.5 Å². The lowest BCUT2D eigenvalue weighted by Gasteiger charge is -2.11. The highest BCUT2D eigenvalue weighted by atomic mass is 35.5. The lowest BCUT2D eigenvalue weighted by atomic mass is 10.0. The zero-order valence-corrected chi connectivity index (χ0v) is 17.0. The van der Waals surface area contributed by atoms with Crippen LogP contribution in [0, 0.1) is 0 Å². The van der Waals surface area contributed by atoms with E-state index in [1.54, 1.807) is 36.8 Å². The van der Waals surface area contributed by atoms with E-state index in [2.05, 4.69) is 20.3 Å². The molecule has 5 aromatic rings. The van der Waals surface area contributed by atoms with Crippen LogP contribution in [0.5, 0.6) is 0 Å². The molecule has 0 aliphatic rings. The maximum atomic E-state index is 12.7. The summed E-state index contributed by atoms with van der Waals surface area (Å²) in [6, 6.07) is 20.2. The van der Waals surface area contributed by atoms with Crippen LogP contribution in [0.25, 0.3) is 16.6 Å². The van der Waals surface area contributed by atoms with Crippen LogP contribution in [0.15, 0.2) is 91.8 Å². The molecule has 5 rings (SSSR count). The molecule has 0 fully saturated rings. The van der Waals surface area contributed by atoms with Gasteiger partial charge >= 0.3 is 0 Å². The van der Waals surface area contributed by atoms with Crippen LogP contribution in [0.4, 0.5) is 11.5 Å². The van der Waals surface area contributed by atoms with Crippen molar-refractivity contribution in [2.75, 3.05) is 5.32 Å². The topological polar surface area (TPSA) is 72.7 Å². The number of ketones is 1. The summed E-state index contributed by atoms with van der Waals surface area (Å²) in [6.45, 7) is 0. The van der Waals surface area contributed by atoms with Crippen molar-refractivity contribution in [3.05, 3.63) is 108 Å². The van der Waals surface area contributed by atoms with Crippen LogP contribution in [-0.2, 0) is 0 Å². The average Bonchev–Trinajstić information content (AvgIpc) is 3.34. The Kier molecular flexibility index (Phi) is 4.90. The van der Waals surface area contributed by atoms with Gasteiger partial charge in [-0.3, -0.25) is 4.79 Å². The number of halogens is 1. The van der Waals surface area contributed by atoms with Gasteiger partial charge < -0.3 is 9.88 Å². The monoisotopic (exact) mass is 425 g/mol. The van der Waals surface area contributed by atoms with Gasteiger partial charge in [-0.25, -0.2) is 15.0 Å². The highest BCUT2D eigenvalue weighted by Gasteiger charge is 2.14. The van der Waals surface area contributed by atoms with Gasteiger partial charge in [0.25, 0.3) is 0 Å². The molecule has 1 N–H and O–H groups in total. The molecule has 0 amide bonds. The Balaban J connectivity index is 1.48. The fourth-order valence-electron chi connectivity index (χ4n) is 3.38. The Bertz CT molecular complexity index is 1380. The van der Waals surface area contributed by atoms with Crippen molar-refractivity contribution in [2.45, 2.75) is 0 Å². The SMILES string of the molecule is O=C(c1ccccc1)c1ccc(Nc2ncnc3ccc(-n4ccnc4)cc23)cc1Cl. The first-order chi connectivity index (χ1) is 15.2. The Hall–Kier alpha value is -4.03. The summed E-state index contributed by atoms with van der Waals surface area (Å²) in [5.41, 5.74) is 3.53. The first kappa shape index (κ1) is 19.0. The molecule has 0 bridgehead atoms. The van der Waals surface area contributed by atoms with Gasteiger partial charge in [0, 0.05) is 40.3 Å². The molecule has 0 aliphatic heterocycles. The van der Waals surface area contributed by atoms with Gasteiger partial charge in [-0.05, 0) is 36.4 Å². The molecule has 0 unspecified atom stereocenters. The van der Waals surface area contributed by atoms with E-state index in [0.717, 1.165) is 22.3 Å². The van der Waals surface area contributed by atoms with E-state index in [1.165, 1.54) is 6.33 Å². The summed E-state index contributed by atoms with van der Waals surface area (Å²) < 4.78 is 1.91. The molecule has 3 aromatic carbocycles. The van der Waals surface area contributed by atoms with Crippen LogP contribution in [0.1, 0.15) is 15.9 Å². The molecule has 0 saturated heterocycles. The minimum Gasteiger partial charge on any atom is -0.340 e. The number of fused-ring (bicyclic) bond motifs is 1. The Morgan fingerprint density at radius 1 is 0.968 bits per heavy atom. The maximum Gasteiger partial charge on any atom is 0.194 e. The minimum atomic E-state index is -0.116. The number of aromatic nitrogens is 4. The summed E-state index contributed by atoms with van der Waals surface area (Å²) in [6.07, 6.45) is 6.85. The Morgan fingerprint density at radius 2 is 1.84 bits per heavy atom. The van der Waals surface area contributed by atoms with E-state index in [9.17, 15) is 4.79 Å². The van der Waals surface area contributed by atoms with Gasteiger partial charge in [-0.2, -0.15) is 0 Å². The van der Waals surface area contributed by atoms with Gasteiger partial charge in [0.2, 0.25) is 0 Å². The van der Waals surface area contributed by atoms with Crippen molar-refractivity contribution < 1.29 is 4.79 Å². The van der Waals surface area contributed by atoms with Crippen molar-refractivity contribution in [3.63, 3.8) is 0 Å². The van der Waals surface area contributed by atoms with E-state index in [4.69, 9.17) is 11.6 Å². The van der Waals surface area contributed by atoms with E-state index in [0.29, 0.717) is 22.0 Å². The summed E-state index contributed by atoms with van der Waals surface area (Å²) in [7, 11) is 0. The molecule has 7 heteroatoms. The highest BCUT2D eigenvalue weighted by Crippen LogP contribution is 2.28. The number of carbonyl (C=O) groups is 1. The normalized spacial score (nSPS) is 10.9. The molecular weight excluding hydrogens is 410 g/mol. The predicted octanol–water partition coefficient (Wildman–Crippen LogP) is 5.44. The first-order valence-corrected chi connectivity index (χ1v) is 9.96. The van der Waals surface area contributed by atoms with Gasteiger partial charge in [-0.1, -0.05) is 41.9 Å². The Morgan fingerprint density at radius 3 is 2.61 bits per heavy atom. The van der Waals surface area contributed by atoms with Crippen LogP contribution >= 0.6 is 11.6 Å². The lowest BCUT2D eigenvalue weighted by Crippen LogP contribution is -2.03. The molecule has 0 saturated carbocycles. The molecule has 0 spiro atoms. The quantitative estimate of drug-likeness (QED) is 0.379. The van der Waals surface area contributed by atoms with Crippen LogP contribution < -0.4 is 5.32 Å². The number of carbonyl (C=O) groups excluding carboxylic acids is 1. The number of anilines is 2. The van der Waals surface area contributed by atoms with E-state index < -0.39 is 0 Å². The predicted molar refractivity (Wildman–Crippen MR) is 121 cm³/mol. The lowest BCUT2D eigenvalue weighted by molar-refractivity contribution is 0.103. The fraction of sp³-hybridized carbons (Fsp3) is 0. The number of hydrogen-bond donors (Lipinski definition) is 1. The third-order valence-electron chi connectivity index (χ3n) is 4.93. The van der Waals surface area contributed by atoms with Crippen LogP contribution in [0.3, 0.4) is 0 Å². The summed E-state index contributed by atoms with van der Waals surface area (Å²) in [5, 5.41) is 4.52. The van der Waals surface area contributed by atoms with E-state index >= 15 is 0 Å². The smallest absolute Gasteiger partial charge is 0.194 e. The maximum absolute atomic E-state index is 12.7.